The van der Waals surface area contributed by atoms with Crippen molar-refractivity contribution in [2.24, 2.45) is 0 Å². The van der Waals surface area contributed by atoms with Crippen LogP contribution in [0.5, 0.6) is 0 Å². The Morgan fingerprint density at radius 1 is 1.22 bits per heavy atom. The maximum Gasteiger partial charge on any atom is 0.243 e. The van der Waals surface area contributed by atoms with Crippen LogP contribution in [0, 0.1) is 0 Å². The first-order valence-corrected chi connectivity index (χ1v) is 10.5. The lowest BCUT2D eigenvalue weighted by Gasteiger charge is -2.48. The topological polar surface area (TPSA) is 68.7 Å². The largest absolute Gasteiger partial charge is 0.393 e. The van der Waals surface area contributed by atoms with E-state index in [-0.39, 0.29) is 11.6 Å². The van der Waals surface area contributed by atoms with Gasteiger partial charge in [-0.05, 0) is 64.0 Å². The average molecular weight is 373 g/mol. The number of nitrogens with one attached hydrogen (secondary N) is 1. The predicted octanol–water partition coefficient (Wildman–Crippen LogP) is 2.38. The predicted molar refractivity (Wildman–Crippen MR) is 105 cm³/mol. The number of nitrogens with zero attached hydrogens (tertiary/aromatic N) is 3. The number of rotatable bonds is 4. The second kappa shape index (κ2) is 7.76. The summed E-state index contributed by atoms with van der Waals surface area (Å²) >= 11 is 0. The van der Waals surface area contributed by atoms with Crippen molar-refractivity contribution in [2.45, 2.75) is 75.6 Å². The zero-order valence-electron chi connectivity index (χ0n) is 16.4. The van der Waals surface area contributed by atoms with Gasteiger partial charge in [0.05, 0.1) is 6.10 Å². The molecule has 1 aromatic rings. The highest BCUT2D eigenvalue weighted by atomic mass is 16.3. The molecule has 1 spiro atoms. The molecule has 3 aliphatic rings. The average Bonchev–Trinajstić information content (AvgIpc) is 3.08. The molecule has 2 N–H and O–H groups in total. The smallest absolute Gasteiger partial charge is 0.243 e. The number of likely N-dealkylation sites (tertiary alicyclic amines) is 2. The molecule has 1 aliphatic carbocycles. The summed E-state index contributed by atoms with van der Waals surface area (Å²) < 4.78 is 0. The standard InChI is InChI=1S/C21H32N4O2/c1-22-19-16(5-2-12-23-19)15-24-13-3-10-21(24)11-4-14-25(20(21)27)17-6-8-18(26)9-7-17/h2,5,12,17-18,26H,3-4,6-11,13-15H2,1H3,(H,22,23). The number of carbonyl (C=O) groups excluding carboxylic acids is 1. The van der Waals surface area contributed by atoms with E-state index in [1.165, 1.54) is 0 Å². The zero-order valence-corrected chi connectivity index (χ0v) is 16.4. The van der Waals surface area contributed by atoms with Crippen molar-refractivity contribution >= 4 is 11.7 Å². The second-order valence-electron chi connectivity index (χ2n) is 8.38. The van der Waals surface area contributed by atoms with E-state index in [9.17, 15) is 9.90 Å². The van der Waals surface area contributed by atoms with Crippen LogP contribution in [0.4, 0.5) is 5.82 Å². The van der Waals surface area contributed by atoms with Crippen LogP contribution in [0.1, 0.15) is 56.9 Å². The van der Waals surface area contributed by atoms with Crippen molar-refractivity contribution in [1.29, 1.82) is 0 Å². The zero-order chi connectivity index (χ0) is 18.9. The molecule has 27 heavy (non-hydrogen) atoms. The Morgan fingerprint density at radius 2 is 1.96 bits per heavy atom. The van der Waals surface area contributed by atoms with Crippen LogP contribution in [0.2, 0.25) is 0 Å². The number of amides is 1. The van der Waals surface area contributed by atoms with Gasteiger partial charge in [0.25, 0.3) is 0 Å². The molecule has 1 aromatic heterocycles. The van der Waals surface area contributed by atoms with Crippen LogP contribution < -0.4 is 5.32 Å². The normalized spacial score (nSPS) is 32.2. The fraction of sp³-hybridized carbons (Fsp3) is 0.714. The number of piperidine rings is 1. The molecule has 0 radical (unpaired) electrons. The summed E-state index contributed by atoms with van der Waals surface area (Å²) in [6.07, 6.45) is 9.25. The van der Waals surface area contributed by atoms with Gasteiger partial charge in [-0.15, -0.1) is 0 Å². The van der Waals surface area contributed by atoms with Gasteiger partial charge in [0.1, 0.15) is 11.4 Å². The number of aliphatic hydroxyl groups is 1. The van der Waals surface area contributed by atoms with E-state index >= 15 is 0 Å². The second-order valence-corrected chi connectivity index (χ2v) is 8.38. The highest BCUT2D eigenvalue weighted by Crippen LogP contribution is 2.41. The first kappa shape index (κ1) is 18.7. The molecule has 0 aromatic carbocycles. The fourth-order valence-corrected chi connectivity index (χ4v) is 5.42. The van der Waals surface area contributed by atoms with Gasteiger partial charge >= 0.3 is 0 Å². The highest BCUT2D eigenvalue weighted by Gasteiger charge is 2.52. The summed E-state index contributed by atoms with van der Waals surface area (Å²) in [5, 5.41) is 13.0. The van der Waals surface area contributed by atoms with Crippen LogP contribution in [0.3, 0.4) is 0 Å². The van der Waals surface area contributed by atoms with Gasteiger partial charge in [0.2, 0.25) is 5.91 Å². The number of aliphatic hydroxyl groups excluding tert-OH is 1. The molecule has 1 unspecified atom stereocenters. The molecular formula is C21H32N4O2. The van der Waals surface area contributed by atoms with E-state index in [1.807, 2.05) is 13.1 Å². The quantitative estimate of drug-likeness (QED) is 0.849. The molecule has 1 atom stereocenters. The van der Waals surface area contributed by atoms with Crippen molar-refractivity contribution < 1.29 is 9.90 Å². The molecule has 1 amide bonds. The third-order valence-electron chi connectivity index (χ3n) is 6.87. The number of aromatic nitrogens is 1. The van der Waals surface area contributed by atoms with E-state index < -0.39 is 0 Å². The van der Waals surface area contributed by atoms with Crippen molar-refractivity contribution in [3.63, 3.8) is 0 Å². The van der Waals surface area contributed by atoms with Gasteiger partial charge in [-0.25, -0.2) is 4.98 Å². The van der Waals surface area contributed by atoms with Gasteiger partial charge < -0.3 is 15.3 Å². The lowest BCUT2D eigenvalue weighted by molar-refractivity contribution is -0.152. The number of carbonyl (C=O) groups is 1. The highest BCUT2D eigenvalue weighted by molar-refractivity contribution is 5.88. The molecular weight excluding hydrogens is 340 g/mol. The minimum atomic E-state index is -0.338. The molecule has 0 bridgehead atoms. The van der Waals surface area contributed by atoms with Crippen LogP contribution >= 0.6 is 0 Å². The van der Waals surface area contributed by atoms with E-state index in [2.05, 4.69) is 26.2 Å². The van der Waals surface area contributed by atoms with Crippen molar-refractivity contribution in [1.82, 2.24) is 14.8 Å². The number of anilines is 1. The molecule has 6 heteroatoms. The molecule has 2 aliphatic heterocycles. The Kier molecular flexibility index (Phi) is 5.37. The Hall–Kier alpha value is -1.66. The van der Waals surface area contributed by atoms with Gasteiger partial charge in [-0.3, -0.25) is 9.69 Å². The first-order valence-electron chi connectivity index (χ1n) is 10.5. The molecule has 4 rings (SSSR count). The van der Waals surface area contributed by atoms with Crippen LogP contribution in [0.15, 0.2) is 18.3 Å². The maximum absolute atomic E-state index is 13.7. The lowest BCUT2D eigenvalue weighted by atomic mass is 9.82. The Labute approximate surface area is 161 Å². The summed E-state index contributed by atoms with van der Waals surface area (Å²) in [6.45, 7) is 2.62. The summed E-state index contributed by atoms with van der Waals surface area (Å²) in [4.78, 5) is 22.7. The van der Waals surface area contributed by atoms with Gasteiger partial charge in [-0.1, -0.05) is 6.07 Å². The summed E-state index contributed by atoms with van der Waals surface area (Å²) in [5.41, 5.74) is 0.821. The van der Waals surface area contributed by atoms with Crippen LogP contribution in [-0.4, -0.2) is 63.6 Å². The molecule has 3 fully saturated rings. The van der Waals surface area contributed by atoms with E-state index in [0.717, 1.165) is 82.4 Å². The summed E-state index contributed by atoms with van der Waals surface area (Å²) in [7, 11) is 1.90. The van der Waals surface area contributed by atoms with Crippen molar-refractivity contribution in [3.05, 3.63) is 23.9 Å². The monoisotopic (exact) mass is 372 g/mol. The van der Waals surface area contributed by atoms with Crippen molar-refractivity contribution in [2.75, 3.05) is 25.5 Å². The Balaban J connectivity index is 1.54. The maximum atomic E-state index is 13.7. The SMILES string of the molecule is CNc1ncccc1CN1CCCC12CCCN(C1CCC(O)CC1)C2=O. The third-order valence-corrected chi connectivity index (χ3v) is 6.87. The van der Waals surface area contributed by atoms with E-state index in [4.69, 9.17) is 0 Å². The molecule has 6 nitrogen and oxygen atoms in total. The number of hydrogen-bond donors (Lipinski definition) is 2. The van der Waals surface area contributed by atoms with E-state index in [1.54, 1.807) is 6.20 Å². The van der Waals surface area contributed by atoms with Crippen LogP contribution in [0.25, 0.3) is 0 Å². The number of hydrogen-bond acceptors (Lipinski definition) is 5. The minimum absolute atomic E-state index is 0.177. The minimum Gasteiger partial charge on any atom is -0.393 e. The molecule has 1 saturated carbocycles. The van der Waals surface area contributed by atoms with Gasteiger partial charge in [0, 0.05) is 37.9 Å². The summed E-state index contributed by atoms with van der Waals surface area (Å²) in [6, 6.07) is 4.39. The van der Waals surface area contributed by atoms with Gasteiger partial charge in [0.15, 0.2) is 0 Å². The molecule has 148 valence electrons. The van der Waals surface area contributed by atoms with Gasteiger partial charge in [-0.2, -0.15) is 0 Å². The third kappa shape index (κ3) is 3.45. The lowest BCUT2D eigenvalue weighted by Crippen LogP contribution is -2.62. The number of pyridine rings is 1. The Morgan fingerprint density at radius 3 is 2.70 bits per heavy atom. The summed E-state index contributed by atoms with van der Waals surface area (Å²) in [5.74, 6) is 1.24. The first-order chi connectivity index (χ1) is 13.1. The van der Waals surface area contributed by atoms with Crippen LogP contribution in [-0.2, 0) is 11.3 Å². The molecule has 2 saturated heterocycles. The fourth-order valence-electron chi connectivity index (χ4n) is 5.42. The van der Waals surface area contributed by atoms with Crippen molar-refractivity contribution in [3.8, 4) is 0 Å². The van der Waals surface area contributed by atoms with E-state index in [0.29, 0.717) is 11.9 Å². The molecule has 3 heterocycles. The Bertz CT molecular complexity index is 674.